The van der Waals surface area contributed by atoms with Gasteiger partial charge in [0.15, 0.2) is 5.78 Å². The fourth-order valence-electron chi connectivity index (χ4n) is 1.62. The summed E-state index contributed by atoms with van der Waals surface area (Å²) < 4.78 is 0.553. The Morgan fingerprint density at radius 3 is 2.65 bits per heavy atom. The third kappa shape index (κ3) is 4.08. The van der Waals surface area contributed by atoms with Gasteiger partial charge in [-0.2, -0.15) is 0 Å². The number of phenolic OH excluding ortho intramolecular Hbond substituents is 1. The summed E-state index contributed by atoms with van der Waals surface area (Å²) in [6.45, 7) is 0. The molecule has 0 saturated heterocycles. The molecule has 20 heavy (non-hydrogen) atoms. The lowest BCUT2D eigenvalue weighted by Gasteiger charge is -2.04. The first kappa shape index (κ1) is 14.6. The molecule has 1 heterocycles. The molecule has 0 fully saturated rings. The van der Waals surface area contributed by atoms with E-state index in [0.29, 0.717) is 14.9 Å². The van der Waals surface area contributed by atoms with Crippen LogP contribution in [0.4, 0.5) is 5.69 Å². The second-order valence-corrected chi connectivity index (χ2v) is 5.84. The van der Waals surface area contributed by atoms with Crippen LogP contribution in [0.3, 0.4) is 0 Å². The number of aromatic hydroxyl groups is 1. The quantitative estimate of drug-likeness (QED) is 0.827. The van der Waals surface area contributed by atoms with Gasteiger partial charge in [-0.25, -0.2) is 0 Å². The molecule has 6 heteroatoms. The van der Waals surface area contributed by atoms with Gasteiger partial charge in [0.05, 0.1) is 9.21 Å². The number of anilines is 1. The summed E-state index contributed by atoms with van der Waals surface area (Å²) in [6, 6.07) is 9.56. The molecule has 0 unspecified atom stereocenters. The number of benzene rings is 1. The Morgan fingerprint density at radius 1 is 1.20 bits per heavy atom. The van der Waals surface area contributed by atoms with Crippen LogP contribution in [0.15, 0.2) is 36.4 Å². The maximum Gasteiger partial charge on any atom is 0.224 e. The average Bonchev–Trinajstić information content (AvgIpc) is 2.83. The number of Topliss-reactive ketones (excluding diaryl/α,β-unsaturated/α-hetero) is 1. The van der Waals surface area contributed by atoms with Gasteiger partial charge >= 0.3 is 0 Å². The zero-order valence-electron chi connectivity index (χ0n) is 10.4. The van der Waals surface area contributed by atoms with Crippen LogP contribution in [0.5, 0.6) is 5.75 Å². The average molecular weight is 310 g/mol. The molecular formula is C14H12ClNO3S. The first-order valence-corrected chi connectivity index (χ1v) is 7.11. The molecule has 1 amide bonds. The maximum atomic E-state index is 11.8. The van der Waals surface area contributed by atoms with E-state index in [-0.39, 0.29) is 30.3 Å². The fourth-order valence-corrected chi connectivity index (χ4v) is 2.63. The van der Waals surface area contributed by atoms with Crippen LogP contribution in [-0.2, 0) is 4.79 Å². The summed E-state index contributed by atoms with van der Waals surface area (Å²) in [6.07, 6.45) is 0.214. The van der Waals surface area contributed by atoms with Gasteiger partial charge in [0.1, 0.15) is 5.75 Å². The van der Waals surface area contributed by atoms with E-state index in [1.807, 2.05) is 0 Å². The van der Waals surface area contributed by atoms with Crippen LogP contribution in [0.1, 0.15) is 22.5 Å². The third-order valence-electron chi connectivity index (χ3n) is 2.56. The van der Waals surface area contributed by atoms with Crippen molar-refractivity contribution < 1.29 is 14.7 Å². The van der Waals surface area contributed by atoms with Crippen LogP contribution in [-0.4, -0.2) is 16.8 Å². The number of rotatable bonds is 5. The SMILES string of the molecule is O=C(CCC(=O)c1ccc(Cl)s1)Nc1cccc(O)c1. The number of phenols is 1. The van der Waals surface area contributed by atoms with Gasteiger partial charge in [-0.3, -0.25) is 9.59 Å². The molecule has 104 valence electrons. The zero-order chi connectivity index (χ0) is 14.5. The standard InChI is InChI=1S/C14H12ClNO3S/c15-13-6-5-12(20-13)11(18)4-7-14(19)16-9-2-1-3-10(17)8-9/h1-3,5-6,8,17H,4,7H2,(H,16,19). The fraction of sp³-hybridized carbons (Fsp3) is 0.143. The first-order valence-electron chi connectivity index (χ1n) is 5.92. The van der Waals surface area contributed by atoms with Crippen LogP contribution in [0.25, 0.3) is 0 Å². The summed E-state index contributed by atoms with van der Waals surface area (Å²) in [5.41, 5.74) is 0.501. The summed E-state index contributed by atoms with van der Waals surface area (Å²) in [4.78, 5) is 24.1. The molecule has 0 aliphatic rings. The lowest BCUT2D eigenvalue weighted by molar-refractivity contribution is -0.116. The summed E-state index contributed by atoms with van der Waals surface area (Å²) >= 11 is 6.96. The summed E-state index contributed by atoms with van der Waals surface area (Å²) in [7, 11) is 0. The number of carbonyl (C=O) groups excluding carboxylic acids is 2. The molecule has 0 bridgehead atoms. The third-order valence-corrected chi connectivity index (χ3v) is 3.83. The van der Waals surface area contributed by atoms with E-state index in [9.17, 15) is 14.7 Å². The molecule has 2 aromatic rings. The highest BCUT2D eigenvalue weighted by atomic mass is 35.5. The van der Waals surface area contributed by atoms with Gasteiger partial charge < -0.3 is 10.4 Å². The minimum Gasteiger partial charge on any atom is -0.508 e. The van der Waals surface area contributed by atoms with Crippen LogP contribution < -0.4 is 5.32 Å². The number of hydrogen-bond donors (Lipinski definition) is 2. The smallest absolute Gasteiger partial charge is 0.224 e. The lowest BCUT2D eigenvalue weighted by Crippen LogP contribution is -2.13. The van der Waals surface area contributed by atoms with E-state index < -0.39 is 0 Å². The van der Waals surface area contributed by atoms with E-state index in [4.69, 9.17) is 11.6 Å². The molecule has 2 rings (SSSR count). The van der Waals surface area contributed by atoms with Crippen molar-refractivity contribution in [3.05, 3.63) is 45.6 Å². The van der Waals surface area contributed by atoms with Gasteiger partial charge in [-0.05, 0) is 24.3 Å². The summed E-state index contributed by atoms with van der Waals surface area (Å²) in [5.74, 6) is -0.299. The van der Waals surface area contributed by atoms with Crippen molar-refractivity contribution in [2.45, 2.75) is 12.8 Å². The van der Waals surface area contributed by atoms with Crippen molar-refractivity contribution in [2.24, 2.45) is 0 Å². The molecule has 4 nitrogen and oxygen atoms in total. The molecule has 0 radical (unpaired) electrons. The van der Waals surface area contributed by atoms with E-state index >= 15 is 0 Å². The number of carbonyl (C=O) groups is 2. The number of halogens is 1. The molecule has 2 N–H and O–H groups in total. The monoisotopic (exact) mass is 309 g/mol. The number of nitrogens with one attached hydrogen (secondary N) is 1. The van der Waals surface area contributed by atoms with Crippen molar-refractivity contribution in [1.29, 1.82) is 0 Å². The minimum absolute atomic E-state index is 0.0760. The van der Waals surface area contributed by atoms with Crippen molar-refractivity contribution in [3.63, 3.8) is 0 Å². The number of ketones is 1. The van der Waals surface area contributed by atoms with E-state index in [2.05, 4.69) is 5.32 Å². The van der Waals surface area contributed by atoms with Crippen LogP contribution >= 0.6 is 22.9 Å². The Balaban J connectivity index is 1.85. The summed E-state index contributed by atoms with van der Waals surface area (Å²) in [5, 5.41) is 11.9. The Labute approximate surface area is 125 Å². The topological polar surface area (TPSA) is 66.4 Å². The van der Waals surface area contributed by atoms with Crippen molar-refractivity contribution in [3.8, 4) is 5.75 Å². The van der Waals surface area contributed by atoms with Gasteiger partial charge in [0.2, 0.25) is 5.91 Å². The molecule has 0 saturated carbocycles. The predicted octanol–water partition coefficient (Wildman–Crippen LogP) is 3.71. The van der Waals surface area contributed by atoms with Gasteiger partial charge in [0, 0.05) is 24.6 Å². The number of amides is 1. The van der Waals surface area contributed by atoms with Gasteiger partial charge in [-0.15, -0.1) is 11.3 Å². The Morgan fingerprint density at radius 2 is 2.00 bits per heavy atom. The number of thiophene rings is 1. The van der Waals surface area contributed by atoms with Gasteiger partial charge in [-0.1, -0.05) is 17.7 Å². The Kier molecular flexibility index (Phi) is 4.76. The Bertz CT molecular complexity index is 639. The first-order chi connectivity index (χ1) is 9.54. The molecule has 1 aromatic heterocycles. The molecule has 0 spiro atoms. The Hall–Kier alpha value is -1.85. The molecule has 1 aromatic carbocycles. The molecule has 0 aliphatic carbocycles. The lowest BCUT2D eigenvalue weighted by atomic mass is 10.2. The van der Waals surface area contributed by atoms with Gasteiger partial charge in [0.25, 0.3) is 0 Å². The number of hydrogen-bond acceptors (Lipinski definition) is 4. The van der Waals surface area contributed by atoms with Crippen molar-refractivity contribution in [2.75, 3.05) is 5.32 Å². The maximum absolute atomic E-state index is 11.8. The highest BCUT2D eigenvalue weighted by Crippen LogP contribution is 2.23. The highest BCUT2D eigenvalue weighted by molar-refractivity contribution is 7.18. The normalized spacial score (nSPS) is 10.2. The molecule has 0 aliphatic heterocycles. The second kappa shape index (κ2) is 6.54. The van der Waals surface area contributed by atoms with E-state index in [0.717, 1.165) is 0 Å². The largest absolute Gasteiger partial charge is 0.508 e. The van der Waals surface area contributed by atoms with Crippen molar-refractivity contribution in [1.82, 2.24) is 0 Å². The minimum atomic E-state index is -0.272. The van der Waals surface area contributed by atoms with Crippen LogP contribution in [0, 0.1) is 0 Å². The predicted molar refractivity (Wildman–Crippen MR) is 79.6 cm³/mol. The molecular weight excluding hydrogens is 298 g/mol. The second-order valence-electron chi connectivity index (χ2n) is 4.13. The van der Waals surface area contributed by atoms with E-state index in [1.165, 1.54) is 23.5 Å². The highest BCUT2D eigenvalue weighted by Gasteiger charge is 2.11. The zero-order valence-corrected chi connectivity index (χ0v) is 12.0. The van der Waals surface area contributed by atoms with Crippen LogP contribution in [0.2, 0.25) is 4.34 Å². The van der Waals surface area contributed by atoms with Crippen molar-refractivity contribution >= 4 is 40.3 Å². The molecule has 0 atom stereocenters. The van der Waals surface area contributed by atoms with E-state index in [1.54, 1.807) is 24.3 Å².